The second-order valence-corrected chi connectivity index (χ2v) is 3.14. The molecule has 3 nitrogen and oxygen atoms in total. The summed E-state index contributed by atoms with van der Waals surface area (Å²) in [6.45, 7) is -0.885. The zero-order valence-electron chi connectivity index (χ0n) is 8.25. The van der Waals surface area contributed by atoms with Gasteiger partial charge in [-0.15, -0.1) is 0 Å². The Morgan fingerprint density at radius 2 is 2.13 bits per heavy atom. The van der Waals surface area contributed by atoms with Crippen LogP contribution in [0.4, 0.5) is 18.9 Å². The summed E-state index contributed by atoms with van der Waals surface area (Å²) in [6.07, 6.45) is -2.72. The predicted molar refractivity (Wildman–Crippen MR) is 51.5 cm³/mol. The van der Waals surface area contributed by atoms with E-state index in [0.29, 0.717) is 11.4 Å². The van der Waals surface area contributed by atoms with Crippen molar-refractivity contribution in [2.24, 2.45) is 5.73 Å². The van der Waals surface area contributed by atoms with Crippen LogP contribution >= 0.6 is 0 Å². The molecule has 1 aromatic heterocycles. The number of hydrogen-bond acceptors (Lipinski definition) is 3. The van der Waals surface area contributed by atoms with Crippen molar-refractivity contribution in [1.29, 1.82) is 0 Å². The Morgan fingerprint density at radius 3 is 2.67 bits per heavy atom. The van der Waals surface area contributed by atoms with Gasteiger partial charge < -0.3 is 10.6 Å². The molecule has 0 amide bonds. The van der Waals surface area contributed by atoms with Crippen LogP contribution in [0.15, 0.2) is 18.3 Å². The van der Waals surface area contributed by atoms with Crippen LogP contribution < -0.4 is 10.6 Å². The van der Waals surface area contributed by atoms with Gasteiger partial charge in [-0.25, -0.2) is 0 Å². The lowest BCUT2D eigenvalue weighted by molar-refractivity contribution is -0.119. The summed E-state index contributed by atoms with van der Waals surface area (Å²) < 4.78 is 36.4. The van der Waals surface area contributed by atoms with Gasteiger partial charge in [-0.2, -0.15) is 13.2 Å². The second kappa shape index (κ2) is 4.48. The molecular formula is C9H12F3N3. The summed E-state index contributed by atoms with van der Waals surface area (Å²) in [5.74, 6) is 0. The average Bonchev–Trinajstić information content (AvgIpc) is 2.15. The molecule has 0 aliphatic rings. The molecular weight excluding hydrogens is 207 g/mol. The van der Waals surface area contributed by atoms with Gasteiger partial charge in [0.15, 0.2) is 0 Å². The molecule has 0 saturated heterocycles. The van der Waals surface area contributed by atoms with Gasteiger partial charge in [-0.3, -0.25) is 4.98 Å². The van der Waals surface area contributed by atoms with Gasteiger partial charge in [0.2, 0.25) is 0 Å². The zero-order valence-corrected chi connectivity index (χ0v) is 8.25. The molecule has 2 N–H and O–H groups in total. The summed E-state index contributed by atoms with van der Waals surface area (Å²) in [5.41, 5.74) is 6.26. The van der Waals surface area contributed by atoms with Crippen LogP contribution in [-0.2, 0) is 6.54 Å². The van der Waals surface area contributed by atoms with Gasteiger partial charge in [-0.1, -0.05) is 0 Å². The van der Waals surface area contributed by atoms with Crippen LogP contribution in [0.5, 0.6) is 0 Å². The number of alkyl halides is 3. The predicted octanol–water partition coefficient (Wildman–Crippen LogP) is 1.54. The highest BCUT2D eigenvalue weighted by molar-refractivity contribution is 5.49. The molecule has 0 saturated carbocycles. The number of rotatable bonds is 3. The SMILES string of the molecule is CN(CC(F)(F)F)c1cccnc1CN. The lowest BCUT2D eigenvalue weighted by Gasteiger charge is -2.22. The standard InChI is InChI=1S/C9H12F3N3/c1-15(6-9(10,11)12)8-3-2-4-14-7(8)5-13/h2-4H,5-6,13H2,1H3. The summed E-state index contributed by atoms with van der Waals surface area (Å²) in [6, 6.07) is 3.16. The molecule has 0 aliphatic carbocycles. The van der Waals surface area contributed by atoms with E-state index in [-0.39, 0.29) is 6.54 Å². The summed E-state index contributed by atoms with van der Waals surface area (Å²) in [4.78, 5) is 5.01. The second-order valence-electron chi connectivity index (χ2n) is 3.14. The van der Waals surface area contributed by atoms with Crippen LogP contribution in [0.2, 0.25) is 0 Å². The number of anilines is 1. The molecule has 0 radical (unpaired) electrons. The minimum Gasteiger partial charge on any atom is -0.364 e. The van der Waals surface area contributed by atoms with Crippen molar-refractivity contribution in [3.05, 3.63) is 24.0 Å². The number of nitrogens with two attached hydrogens (primary N) is 1. The fourth-order valence-corrected chi connectivity index (χ4v) is 1.29. The molecule has 1 rings (SSSR count). The van der Waals surface area contributed by atoms with Crippen molar-refractivity contribution >= 4 is 5.69 Å². The molecule has 84 valence electrons. The van der Waals surface area contributed by atoms with E-state index in [0.717, 1.165) is 4.90 Å². The maximum Gasteiger partial charge on any atom is 0.405 e. The van der Waals surface area contributed by atoms with Crippen molar-refractivity contribution in [2.75, 3.05) is 18.5 Å². The van der Waals surface area contributed by atoms with E-state index < -0.39 is 12.7 Å². The minimum absolute atomic E-state index is 0.123. The molecule has 0 spiro atoms. The number of aromatic nitrogens is 1. The van der Waals surface area contributed by atoms with E-state index in [4.69, 9.17) is 5.73 Å². The third-order valence-electron chi connectivity index (χ3n) is 1.89. The summed E-state index contributed by atoms with van der Waals surface area (Å²) in [7, 11) is 1.36. The lowest BCUT2D eigenvalue weighted by atomic mass is 10.2. The lowest BCUT2D eigenvalue weighted by Crippen LogP contribution is -2.31. The number of hydrogen-bond donors (Lipinski definition) is 1. The average molecular weight is 219 g/mol. The Labute approximate surface area is 85.7 Å². The van der Waals surface area contributed by atoms with Crippen molar-refractivity contribution in [3.63, 3.8) is 0 Å². The van der Waals surface area contributed by atoms with Gasteiger partial charge in [0.25, 0.3) is 0 Å². The van der Waals surface area contributed by atoms with Crippen LogP contribution in [0.3, 0.4) is 0 Å². The smallest absolute Gasteiger partial charge is 0.364 e. The van der Waals surface area contributed by atoms with E-state index in [1.165, 1.54) is 13.2 Å². The summed E-state index contributed by atoms with van der Waals surface area (Å²) in [5, 5.41) is 0. The van der Waals surface area contributed by atoms with E-state index in [9.17, 15) is 13.2 Å². The van der Waals surface area contributed by atoms with E-state index in [2.05, 4.69) is 4.98 Å². The molecule has 1 aromatic rings. The highest BCUT2D eigenvalue weighted by Gasteiger charge is 2.29. The monoisotopic (exact) mass is 219 g/mol. The van der Waals surface area contributed by atoms with Crippen molar-refractivity contribution in [2.45, 2.75) is 12.7 Å². The topological polar surface area (TPSA) is 42.2 Å². The van der Waals surface area contributed by atoms with Crippen molar-refractivity contribution < 1.29 is 13.2 Å². The molecule has 0 unspecified atom stereocenters. The Hall–Kier alpha value is -1.30. The maximum absolute atomic E-state index is 12.1. The first-order valence-corrected chi connectivity index (χ1v) is 4.36. The Balaban J connectivity index is 2.86. The Kier molecular flexibility index (Phi) is 3.52. The first kappa shape index (κ1) is 11.8. The highest BCUT2D eigenvalue weighted by atomic mass is 19.4. The molecule has 0 bridgehead atoms. The van der Waals surface area contributed by atoms with Crippen LogP contribution in [0, 0.1) is 0 Å². The molecule has 1 heterocycles. The van der Waals surface area contributed by atoms with Gasteiger partial charge in [0, 0.05) is 19.8 Å². The third-order valence-corrected chi connectivity index (χ3v) is 1.89. The van der Waals surface area contributed by atoms with Crippen LogP contribution in [-0.4, -0.2) is 24.8 Å². The van der Waals surface area contributed by atoms with Gasteiger partial charge in [0.1, 0.15) is 6.54 Å². The third kappa shape index (κ3) is 3.39. The van der Waals surface area contributed by atoms with E-state index in [1.54, 1.807) is 12.1 Å². The molecule has 15 heavy (non-hydrogen) atoms. The van der Waals surface area contributed by atoms with E-state index in [1.807, 2.05) is 0 Å². The fourth-order valence-electron chi connectivity index (χ4n) is 1.29. The minimum atomic E-state index is -4.23. The number of pyridine rings is 1. The van der Waals surface area contributed by atoms with Gasteiger partial charge in [-0.05, 0) is 12.1 Å². The van der Waals surface area contributed by atoms with Crippen LogP contribution in [0.25, 0.3) is 0 Å². The van der Waals surface area contributed by atoms with Crippen molar-refractivity contribution in [1.82, 2.24) is 4.98 Å². The molecule has 0 fully saturated rings. The van der Waals surface area contributed by atoms with E-state index >= 15 is 0 Å². The first-order valence-electron chi connectivity index (χ1n) is 4.36. The first-order chi connectivity index (χ1) is 6.94. The molecule has 0 atom stereocenters. The quantitative estimate of drug-likeness (QED) is 0.838. The van der Waals surface area contributed by atoms with Crippen molar-refractivity contribution in [3.8, 4) is 0 Å². The fraction of sp³-hybridized carbons (Fsp3) is 0.444. The zero-order chi connectivity index (χ0) is 11.5. The summed E-state index contributed by atoms with van der Waals surface area (Å²) >= 11 is 0. The normalized spacial score (nSPS) is 11.5. The highest BCUT2D eigenvalue weighted by Crippen LogP contribution is 2.22. The number of nitrogens with zero attached hydrogens (tertiary/aromatic N) is 2. The largest absolute Gasteiger partial charge is 0.405 e. The van der Waals surface area contributed by atoms with Gasteiger partial charge >= 0.3 is 6.18 Å². The maximum atomic E-state index is 12.1. The number of halogens is 3. The molecule has 6 heteroatoms. The van der Waals surface area contributed by atoms with Crippen LogP contribution in [0.1, 0.15) is 5.69 Å². The Bertz CT molecular complexity index is 325. The Morgan fingerprint density at radius 1 is 1.47 bits per heavy atom. The molecule has 0 aliphatic heterocycles. The molecule has 0 aromatic carbocycles. The van der Waals surface area contributed by atoms with Gasteiger partial charge in [0.05, 0.1) is 11.4 Å².